The molecule has 3 nitrogen and oxygen atoms in total. The van der Waals surface area contributed by atoms with Gasteiger partial charge in [0.1, 0.15) is 5.54 Å². The van der Waals surface area contributed by atoms with E-state index in [-0.39, 0.29) is 18.4 Å². The first-order chi connectivity index (χ1) is 5.34. The van der Waals surface area contributed by atoms with E-state index in [4.69, 9.17) is 10.5 Å². The number of carbonyl (C=O) groups is 1. The molecule has 0 saturated carbocycles. The van der Waals surface area contributed by atoms with Crippen molar-refractivity contribution in [2.24, 2.45) is 11.7 Å². The smallest absolute Gasteiger partial charge is 0.325 e. The predicted molar refractivity (Wildman–Crippen MR) is 55.9 cm³/mol. The van der Waals surface area contributed by atoms with Crippen LogP contribution in [0.3, 0.4) is 0 Å². The lowest BCUT2D eigenvalue weighted by Crippen LogP contribution is -2.43. The van der Waals surface area contributed by atoms with Gasteiger partial charge >= 0.3 is 5.97 Å². The molecule has 0 bridgehead atoms. The molecule has 0 aromatic heterocycles. The first kappa shape index (κ1) is 15.2. The number of ether oxygens (including phenoxy) is 1. The molecule has 0 aliphatic rings. The van der Waals surface area contributed by atoms with Crippen LogP contribution < -0.4 is 5.73 Å². The molecule has 0 heterocycles. The average molecular weight is 210 g/mol. The largest absolute Gasteiger partial charge is 0.464 e. The molecule has 0 aliphatic carbocycles. The third kappa shape index (κ3) is 8.06. The summed E-state index contributed by atoms with van der Waals surface area (Å²) >= 11 is 0. The summed E-state index contributed by atoms with van der Waals surface area (Å²) in [7, 11) is 0. The van der Waals surface area contributed by atoms with E-state index in [0.29, 0.717) is 12.5 Å². The Labute approximate surface area is 86.4 Å². The van der Waals surface area contributed by atoms with Crippen LogP contribution in [0, 0.1) is 5.92 Å². The Kier molecular flexibility index (Phi) is 7.27. The van der Waals surface area contributed by atoms with Crippen LogP contribution >= 0.6 is 12.4 Å². The van der Waals surface area contributed by atoms with Gasteiger partial charge in [0.15, 0.2) is 0 Å². The van der Waals surface area contributed by atoms with Gasteiger partial charge < -0.3 is 10.5 Å². The Balaban J connectivity index is 0. The van der Waals surface area contributed by atoms with E-state index in [1.807, 2.05) is 0 Å². The summed E-state index contributed by atoms with van der Waals surface area (Å²) in [5, 5.41) is 0. The highest BCUT2D eigenvalue weighted by atomic mass is 35.5. The average Bonchev–Trinajstić information content (AvgIpc) is 1.84. The van der Waals surface area contributed by atoms with Gasteiger partial charge in [-0.05, 0) is 26.2 Å². The Morgan fingerprint density at radius 1 is 1.46 bits per heavy atom. The van der Waals surface area contributed by atoms with Crippen LogP contribution in [0.2, 0.25) is 0 Å². The highest BCUT2D eigenvalue weighted by Crippen LogP contribution is 2.03. The maximum absolute atomic E-state index is 11.1. The molecule has 2 N–H and O–H groups in total. The zero-order valence-corrected chi connectivity index (χ0v) is 9.61. The van der Waals surface area contributed by atoms with Crippen molar-refractivity contribution in [2.45, 2.75) is 39.7 Å². The Morgan fingerprint density at radius 2 is 1.92 bits per heavy atom. The molecule has 4 heteroatoms. The molecule has 80 valence electrons. The number of esters is 1. The van der Waals surface area contributed by atoms with Crippen molar-refractivity contribution in [3.05, 3.63) is 0 Å². The summed E-state index contributed by atoms with van der Waals surface area (Å²) < 4.78 is 4.95. The summed E-state index contributed by atoms with van der Waals surface area (Å²) in [4.78, 5) is 11.1. The van der Waals surface area contributed by atoms with E-state index >= 15 is 0 Å². The lowest BCUT2D eigenvalue weighted by Gasteiger charge is -2.16. The fourth-order valence-electron chi connectivity index (χ4n) is 0.573. The van der Waals surface area contributed by atoms with Crippen LogP contribution in [0.15, 0.2) is 0 Å². The van der Waals surface area contributed by atoms with Crippen LogP contribution in [0.5, 0.6) is 0 Å². The van der Waals surface area contributed by atoms with Crippen LogP contribution in [0.1, 0.15) is 34.1 Å². The number of hydrogen-bond acceptors (Lipinski definition) is 3. The third-order valence-electron chi connectivity index (χ3n) is 1.45. The molecule has 0 aromatic carbocycles. The van der Waals surface area contributed by atoms with Crippen molar-refractivity contribution in [3.63, 3.8) is 0 Å². The summed E-state index contributed by atoms with van der Waals surface area (Å²) in [6, 6.07) is 0. The zero-order valence-electron chi connectivity index (χ0n) is 8.79. The molecular formula is C9H20ClNO2. The van der Waals surface area contributed by atoms with Crippen LogP contribution in [0.25, 0.3) is 0 Å². The maximum Gasteiger partial charge on any atom is 0.325 e. The third-order valence-corrected chi connectivity index (χ3v) is 1.45. The van der Waals surface area contributed by atoms with Gasteiger partial charge in [0.05, 0.1) is 6.61 Å². The van der Waals surface area contributed by atoms with Gasteiger partial charge in [-0.2, -0.15) is 0 Å². The minimum atomic E-state index is -0.864. The standard InChI is InChI=1S/C9H19NO2.ClH/c1-7(2)5-6-12-8(11)9(3,4)10;/h7H,5-6,10H2,1-4H3;1H. The van der Waals surface area contributed by atoms with E-state index in [1.165, 1.54) is 0 Å². The normalized spacial score (nSPS) is 10.9. The van der Waals surface area contributed by atoms with Gasteiger partial charge in [0, 0.05) is 0 Å². The molecular weight excluding hydrogens is 190 g/mol. The number of hydrogen-bond donors (Lipinski definition) is 1. The second-order valence-corrected chi connectivity index (χ2v) is 4.04. The SMILES string of the molecule is CC(C)CCOC(=O)C(C)(C)N.Cl. The molecule has 13 heavy (non-hydrogen) atoms. The van der Waals surface area contributed by atoms with Crippen molar-refractivity contribution in [2.75, 3.05) is 6.61 Å². The molecule has 0 unspecified atom stereocenters. The zero-order chi connectivity index (χ0) is 9.78. The summed E-state index contributed by atoms with van der Waals surface area (Å²) in [5.74, 6) is 0.224. The highest BCUT2D eigenvalue weighted by Gasteiger charge is 2.23. The van der Waals surface area contributed by atoms with Crippen molar-refractivity contribution >= 4 is 18.4 Å². The predicted octanol–water partition coefficient (Wildman–Crippen LogP) is 1.73. The first-order valence-corrected chi connectivity index (χ1v) is 4.30. The van der Waals surface area contributed by atoms with Gasteiger partial charge in [0.25, 0.3) is 0 Å². The molecule has 0 radical (unpaired) electrons. The minimum Gasteiger partial charge on any atom is -0.464 e. The second-order valence-electron chi connectivity index (χ2n) is 4.04. The molecule has 0 amide bonds. The number of carbonyl (C=O) groups excluding carboxylic acids is 1. The van der Waals surface area contributed by atoms with Crippen molar-refractivity contribution in [1.29, 1.82) is 0 Å². The maximum atomic E-state index is 11.1. The monoisotopic (exact) mass is 209 g/mol. The number of rotatable bonds is 4. The topological polar surface area (TPSA) is 52.3 Å². The van der Waals surface area contributed by atoms with Crippen molar-refractivity contribution in [3.8, 4) is 0 Å². The molecule has 0 aromatic rings. The summed E-state index contributed by atoms with van der Waals surface area (Å²) in [6.45, 7) is 7.93. The lowest BCUT2D eigenvalue weighted by molar-refractivity contribution is -0.149. The van der Waals surface area contributed by atoms with Crippen molar-refractivity contribution in [1.82, 2.24) is 0 Å². The molecule has 0 spiro atoms. The number of halogens is 1. The fourth-order valence-corrected chi connectivity index (χ4v) is 0.573. The van der Waals surface area contributed by atoms with Crippen LogP contribution in [0.4, 0.5) is 0 Å². The summed E-state index contributed by atoms with van der Waals surface area (Å²) in [6.07, 6.45) is 0.891. The molecule has 0 atom stereocenters. The van der Waals surface area contributed by atoms with E-state index in [0.717, 1.165) is 6.42 Å². The molecule has 0 saturated heterocycles. The van der Waals surface area contributed by atoms with E-state index in [2.05, 4.69) is 13.8 Å². The Morgan fingerprint density at radius 3 is 2.23 bits per heavy atom. The van der Waals surface area contributed by atoms with Gasteiger partial charge in [0.2, 0.25) is 0 Å². The van der Waals surface area contributed by atoms with Gasteiger partial charge in [-0.15, -0.1) is 12.4 Å². The van der Waals surface area contributed by atoms with Gasteiger partial charge in [-0.25, -0.2) is 0 Å². The van der Waals surface area contributed by atoms with Crippen LogP contribution in [-0.2, 0) is 9.53 Å². The Bertz CT molecular complexity index is 152. The highest BCUT2D eigenvalue weighted by molar-refractivity contribution is 5.85. The quantitative estimate of drug-likeness (QED) is 0.718. The Hall–Kier alpha value is -0.280. The molecule has 0 rings (SSSR count). The lowest BCUT2D eigenvalue weighted by atomic mass is 10.1. The van der Waals surface area contributed by atoms with Gasteiger partial charge in [-0.1, -0.05) is 13.8 Å². The summed E-state index contributed by atoms with van der Waals surface area (Å²) in [5.41, 5.74) is 4.66. The van der Waals surface area contributed by atoms with E-state index < -0.39 is 5.54 Å². The van der Waals surface area contributed by atoms with Gasteiger partial charge in [-0.3, -0.25) is 4.79 Å². The van der Waals surface area contributed by atoms with E-state index in [1.54, 1.807) is 13.8 Å². The number of nitrogens with two attached hydrogens (primary N) is 1. The van der Waals surface area contributed by atoms with Crippen LogP contribution in [-0.4, -0.2) is 18.1 Å². The first-order valence-electron chi connectivity index (χ1n) is 4.30. The van der Waals surface area contributed by atoms with Crippen molar-refractivity contribution < 1.29 is 9.53 Å². The molecule has 0 fully saturated rings. The second kappa shape index (κ2) is 6.22. The van der Waals surface area contributed by atoms with E-state index in [9.17, 15) is 4.79 Å². The minimum absolute atomic E-state index is 0. The fraction of sp³-hybridized carbons (Fsp3) is 0.889. The molecule has 0 aliphatic heterocycles.